The third kappa shape index (κ3) is 5.20. The molecule has 1 aromatic carbocycles. The number of carbonyl (C=O) groups excluding carboxylic acids is 2. The van der Waals surface area contributed by atoms with E-state index in [4.69, 9.17) is 4.74 Å². The Morgan fingerprint density at radius 1 is 1.11 bits per heavy atom. The summed E-state index contributed by atoms with van der Waals surface area (Å²) in [6, 6.07) is 4.81. The fourth-order valence-electron chi connectivity index (χ4n) is 3.13. The molecule has 27 heavy (non-hydrogen) atoms. The van der Waals surface area contributed by atoms with E-state index in [0.29, 0.717) is 32.7 Å². The lowest BCUT2D eigenvalue weighted by Crippen LogP contribution is -2.41. The average Bonchev–Trinajstić information content (AvgIpc) is 3.43. The van der Waals surface area contributed by atoms with Gasteiger partial charge in [-0.15, -0.1) is 0 Å². The van der Waals surface area contributed by atoms with Gasteiger partial charge >= 0.3 is 6.18 Å². The number of benzene rings is 1. The van der Waals surface area contributed by atoms with Gasteiger partial charge < -0.3 is 15.4 Å². The van der Waals surface area contributed by atoms with Crippen LogP contribution in [0.5, 0.6) is 0 Å². The summed E-state index contributed by atoms with van der Waals surface area (Å²) in [6.07, 6.45) is -4.20. The minimum atomic E-state index is -4.55. The zero-order valence-corrected chi connectivity index (χ0v) is 14.7. The van der Waals surface area contributed by atoms with Crippen molar-refractivity contribution in [2.45, 2.75) is 12.6 Å². The monoisotopic (exact) mass is 385 g/mol. The normalized spacial score (nSPS) is 22.9. The van der Waals surface area contributed by atoms with E-state index in [1.807, 2.05) is 0 Å². The minimum Gasteiger partial charge on any atom is -0.379 e. The number of alkyl halides is 3. The molecule has 2 amide bonds. The first-order valence-electron chi connectivity index (χ1n) is 8.91. The lowest BCUT2D eigenvalue weighted by Gasteiger charge is -2.26. The van der Waals surface area contributed by atoms with Gasteiger partial charge in [0.25, 0.3) is 0 Å². The average molecular weight is 385 g/mol. The summed E-state index contributed by atoms with van der Waals surface area (Å²) in [7, 11) is 0. The molecule has 1 heterocycles. The second-order valence-corrected chi connectivity index (χ2v) is 6.73. The molecular weight excluding hydrogens is 363 g/mol. The number of morpholine rings is 1. The largest absolute Gasteiger partial charge is 0.418 e. The van der Waals surface area contributed by atoms with Gasteiger partial charge in [0.1, 0.15) is 0 Å². The standard InChI is InChI=1S/C18H22F3N3O3/c19-18(20,21)14-3-1-2-4-15(14)23-17(26)13-11-12(13)16(25)22-5-6-24-7-9-27-10-8-24/h1-4,12-13H,5-11H2,(H,22,25)(H,23,26). The van der Waals surface area contributed by atoms with Gasteiger partial charge in [0.05, 0.1) is 36.3 Å². The number of hydrogen-bond acceptors (Lipinski definition) is 4. The Morgan fingerprint density at radius 3 is 2.48 bits per heavy atom. The van der Waals surface area contributed by atoms with Gasteiger partial charge in [-0.2, -0.15) is 13.2 Å². The Hall–Kier alpha value is -2.13. The summed E-state index contributed by atoms with van der Waals surface area (Å²) in [4.78, 5) is 26.5. The molecule has 2 atom stereocenters. The molecule has 0 bridgehead atoms. The van der Waals surface area contributed by atoms with E-state index in [1.54, 1.807) is 0 Å². The molecule has 9 heteroatoms. The fourth-order valence-corrected chi connectivity index (χ4v) is 3.13. The van der Waals surface area contributed by atoms with Crippen LogP contribution in [0.4, 0.5) is 18.9 Å². The van der Waals surface area contributed by atoms with Crippen molar-refractivity contribution in [3.63, 3.8) is 0 Å². The van der Waals surface area contributed by atoms with Crippen molar-refractivity contribution < 1.29 is 27.5 Å². The molecule has 0 radical (unpaired) electrons. The number of carbonyl (C=O) groups is 2. The van der Waals surface area contributed by atoms with Crippen LogP contribution in [0.2, 0.25) is 0 Å². The Balaban J connectivity index is 1.45. The highest BCUT2D eigenvalue weighted by Crippen LogP contribution is 2.41. The molecule has 1 aliphatic carbocycles. The maximum Gasteiger partial charge on any atom is 0.418 e. The molecule has 1 saturated heterocycles. The van der Waals surface area contributed by atoms with Crippen LogP contribution >= 0.6 is 0 Å². The van der Waals surface area contributed by atoms with E-state index < -0.39 is 29.5 Å². The smallest absolute Gasteiger partial charge is 0.379 e. The zero-order chi connectivity index (χ0) is 19.4. The lowest BCUT2D eigenvalue weighted by molar-refractivity contribution is -0.137. The predicted molar refractivity (Wildman–Crippen MR) is 91.9 cm³/mol. The number of nitrogens with one attached hydrogen (secondary N) is 2. The van der Waals surface area contributed by atoms with Crippen LogP contribution in [-0.4, -0.2) is 56.1 Å². The summed E-state index contributed by atoms with van der Waals surface area (Å²) < 4.78 is 44.2. The number of ether oxygens (including phenoxy) is 1. The maximum atomic E-state index is 13.0. The van der Waals surface area contributed by atoms with E-state index >= 15 is 0 Å². The molecule has 1 aromatic rings. The molecule has 2 aliphatic rings. The van der Waals surface area contributed by atoms with Gasteiger partial charge in [-0.25, -0.2) is 0 Å². The third-order valence-corrected chi connectivity index (χ3v) is 4.79. The molecule has 2 unspecified atom stereocenters. The zero-order valence-electron chi connectivity index (χ0n) is 14.7. The maximum absolute atomic E-state index is 13.0. The van der Waals surface area contributed by atoms with E-state index in [2.05, 4.69) is 15.5 Å². The van der Waals surface area contributed by atoms with Crippen molar-refractivity contribution in [1.29, 1.82) is 0 Å². The van der Waals surface area contributed by atoms with Crippen molar-refractivity contribution in [1.82, 2.24) is 10.2 Å². The molecule has 3 rings (SSSR count). The Kier molecular flexibility index (Phi) is 6.01. The highest BCUT2D eigenvalue weighted by Gasteiger charge is 2.48. The van der Waals surface area contributed by atoms with E-state index in [9.17, 15) is 22.8 Å². The van der Waals surface area contributed by atoms with Crippen LogP contribution < -0.4 is 10.6 Å². The van der Waals surface area contributed by atoms with Crippen molar-refractivity contribution >= 4 is 17.5 Å². The SMILES string of the molecule is O=C(NCCN1CCOCC1)C1CC1C(=O)Nc1ccccc1C(F)(F)F. The van der Waals surface area contributed by atoms with Gasteiger partial charge in [-0.3, -0.25) is 14.5 Å². The van der Waals surface area contributed by atoms with E-state index in [1.165, 1.54) is 18.2 Å². The Morgan fingerprint density at radius 2 is 1.78 bits per heavy atom. The van der Waals surface area contributed by atoms with Gasteiger partial charge in [0.15, 0.2) is 0 Å². The Labute approximate surface area is 155 Å². The molecule has 0 spiro atoms. The van der Waals surface area contributed by atoms with Crippen molar-refractivity contribution in [2.24, 2.45) is 11.8 Å². The number of hydrogen-bond donors (Lipinski definition) is 2. The molecule has 6 nitrogen and oxygen atoms in total. The van der Waals surface area contributed by atoms with Crippen molar-refractivity contribution in [2.75, 3.05) is 44.7 Å². The van der Waals surface area contributed by atoms with E-state index in [-0.39, 0.29) is 11.6 Å². The topological polar surface area (TPSA) is 70.7 Å². The van der Waals surface area contributed by atoms with Crippen LogP contribution in [0, 0.1) is 11.8 Å². The summed E-state index contributed by atoms with van der Waals surface area (Å²) in [5.41, 5.74) is -1.18. The second-order valence-electron chi connectivity index (χ2n) is 6.73. The van der Waals surface area contributed by atoms with Crippen LogP contribution in [0.25, 0.3) is 0 Å². The van der Waals surface area contributed by atoms with Crippen molar-refractivity contribution in [3.8, 4) is 0 Å². The first-order valence-corrected chi connectivity index (χ1v) is 8.91. The molecule has 148 valence electrons. The lowest BCUT2D eigenvalue weighted by atomic mass is 10.1. The fraction of sp³-hybridized carbons (Fsp3) is 0.556. The van der Waals surface area contributed by atoms with Gasteiger partial charge in [0, 0.05) is 26.2 Å². The quantitative estimate of drug-likeness (QED) is 0.783. The van der Waals surface area contributed by atoms with Gasteiger partial charge in [-0.1, -0.05) is 12.1 Å². The predicted octanol–water partition coefficient (Wildman–Crippen LogP) is 1.73. The number of para-hydroxylation sites is 1. The highest BCUT2D eigenvalue weighted by molar-refractivity contribution is 6.00. The number of rotatable bonds is 6. The molecule has 1 aliphatic heterocycles. The number of nitrogens with zero attached hydrogens (tertiary/aromatic N) is 1. The number of anilines is 1. The molecule has 1 saturated carbocycles. The summed E-state index contributed by atoms with van der Waals surface area (Å²) >= 11 is 0. The van der Waals surface area contributed by atoms with Crippen LogP contribution in [0.1, 0.15) is 12.0 Å². The van der Waals surface area contributed by atoms with Gasteiger partial charge in [-0.05, 0) is 18.6 Å². The van der Waals surface area contributed by atoms with Gasteiger partial charge in [0.2, 0.25) is 11.8 Å². The number of amides is 2. The van der Waals surface area contributed by atoms with Crippen LogP contribution in [0.3, 0.4) is 0 Å². The van der Waals surface area contributed by atoms with Crippen LogP contribution in [0.15, 0.2) is 24.3 Å². The summed E-state index contributed by atoms with van der Waals surface area (Å²) in [6.45, 7) is 4.18. The summed E-state index contributed by atoms with van der Waals surface area (Å²) in [5.74, 6) is -1.85. The minimum absolute atomic E-state index is 0.229. The second kappa shape index (κ2) is 8.26. The third-order valence-electron chi connectivity index (χ3n) is 4.79. The highest BCUT2D eigenvalue weighted by atomic mass is 19.4. The van der Waals surface area contributed by atoms with E-state index in [0.717, 1.165) is 19.2 Å². The Bertz CT molecular complexity index is 690. The molecular formula is C18H22F3N3O3. The summed E-state index contributed by atoms with van der Waals surface area (Å²) in [5, 5.41) is 5.11. The molecule has 0 aromatic heterocycles. The molecule has 2 fully saturated rings. The first-order chi connectivity index (χ1) is 12.9. The van der Waals surface area contributed by atoms with Crippen LogP contribution in [-0.2, 0) is 20.5 Å². The number of halogens is 3. The van der Waals surface area contributed by atoms with Crippen molar-refractivity contribution in [3.05, 3.63) is 29.8 Å². The molecule has 2 N–H and O–H groups in total. The first kappa shape index (κ1) is 19.6.